The lowest BCUT2D eigenvalue weighted by Crippen LogP contribution is -2.35. The van der Waals surface area contributed by atoms with Crippen LogP contribution in [0.5, 0.6) is 0 Å². The van der Waals surface area contributed by atoms with Crippen LogP contribution < -0.4 is 5.48 Å². The van der Waals surface area contributed by atoms with Crippen molar-refractivity contribution in [2.24, 2.45) is 0 Å². The highest BCUT2D eigenvalue weighted by Crippen LogP contribution is 2.36. The van der Waals surface area contributed by atoms with Gasteiger partial charge in [-0.2, -0.15) is 5.48 Å². The van der Waals surface area contributed by atoms with Crippen LogP contribution in [-0.2, 0) is 25.1 Å². The third kappa shape index (κ3) is 7.37. The molecular formula is C12H18NO6P. The Labute approximate surface area is 117 Å². The molecule has 0 aliphatic carbocycles. The minimum Gasteiger partial charge on any atom is -0.369 e. The third-order valence-corrected chi connectivity index (χ3v) is 2.80. The van der Waals surface area contributed by atoms with Crippen LogP contribution in [0.25, 0.3) is 0 Å². The number of phosphoric ester groups is 1. The number of benzene rings is 1. The van der Waals surface area contributed by atoms with Gasteiger partial charge in [0.25, 0.3) is 0 Å². The number of nitrogens with one attached hydrogen (secondary N) is 1. The van der Waals surface area contributed by atoms with E-state index in [-0.39, 0.29) is 0 Å². The fourth-order valence-electron chi connectivity index (χ4n) is 1.42. The topological polar surface area (TPSA) is 105 Å². The summed E-state index contributed by atoms with van der Waals surface area (Å²) in [5, 5.41) is 0. The van der Waals surface area contributed by atoms with E-state index in [1.165, 1.54) is 12.5 Å². The second-order valence-corrected chi connectivity index (χ2v) is 5.34. The van der Waals surface area contributed by atoms with Crippen LogP contribution in [0.2, 0.25) is 0 Å². The van der Waals surface area contributed by atoms with Gasteiger partial charge in [0.1, 0.15) is 6.04 Å². The SMILES string of the molecule is C[C@H](NOCCCc1ccccc1)C(=O)OP(=O)(O)O. The quantitative estimate of drug-likeness (QED) is 0.376. The van der Waals surface area contributed by atoms with E-state index in [0.29, 0.717) is 6.61 Å². The van der Waals surface area contributed by atoms with Gasteiger partial charge in [-0.25, -0.2) is 9.36 Å². The number of phosphoric acid groups is 1. The van der Waals surface area contributed by atoms with E-state index in [2.05, 4.69) is 10.0 Å². The minimum atomic E-state index is -4.81. The Balaban J connectivity index is 2.14. The maximum absolute atomic E-state index is 11.2. The minimum absolute atomic E-state index is 0.364. The van der Waals surface area contributed by atoms with Gasteiger partial charge in [0.05, 0.1) is 6.61 Å². The Kier molecular flexibility index (Phi) is 6.84. The fraction of sp³-hybridized carbons (Fsp3) is 0.417. The van der Waals surface area contributed by atoms with E-state index < -0.39 is 19.8 Å². The molecule has 0 unspecified atom stereocenters. The Hall–Kier alpha value is -1.24. The van der Waals surface area contributed by atoms with Crippen LogP contribution in [-0.4, -0.2) is 28.4 Å². The molecule has 0 saturated carbocycles. The monoisotopic (exact) mass is 303 g/mol. The number of aryl methyl sites for hydroxylation is 1. The number of hydrogen-bond acceptors (Lipinski definition) is 5. The van der Waals surface area contributed by atoms with Gasteiger partial charge < -0.3 is 9.36 Å². The fourth-order valence-corrected chi connectivity index (χ4v) is 1.81. The zero-order valence-corrected chi connectivity index (χ0v) is 12.0. The van der Waals surface area contributed by atoms with Gasteiger partial charge >= 0.3 is 13.8 Å². The lowest BCUT2D eigenvalue weighted by molar-refractivity contribution is -0.141. The summed E-state index contributed by atoms with van der Waals surface area (Å²) in [6.45, 7) is 1.75. The molecule has 0 radical (unpaired) electrons. The van der Waals surface area contributed by atoms with Crippen LogP contribution in [0.15, 0.2) is 30.3 Å². The molecule has 0 fully saturated rings. The first-order valence-electron chi connectivity index (χ1n) is 6.09. The molecule has 20 heavy (non-hydrogen) atoms. The van der Waals surface area contributed by atoms with Crippen LogP contribution in [0.3, 0.4) is 0 Å². The van der Waals surface area contributed by atoms with Gasteiger partial charge in [-0.3, -0.25) is 9.79 Å². The summed E-state index contributed by atoms with van der Waals surface area (Å²) in [5.41, 5.74) is 3.56. The van der Waals surface area contributed by atoms with E-state index >= 15 is 0 Å². The van der Waals surface area contributed by atoms with Gasteiger partial charge in [-0.15, -0.1) is 0 Å². The van der Waals surface area contributed by atoms with Crippen molar-refractivity contribution in [2.75, 3.05) is 6.61 Å². The first kappa shape index (κ1) is 16.8. The van der Waals surface area contributed by atoms with Crippen LogP contribution >= 0.6 is 7.82 Å². The van der Waals surface area contributed by atoms with E-state index in [1.54, 1.807) is 0 Å². The highest BCUT2D eigenvalue weighted by molar-refractivity contribution is 7.46. The summed E-state index contributed by atoms with van der Waals surface area (Å²) in [4.78, 5) is 33.2. The summed E-state index contributed by atoms with van der Waals surface area (Å²) in [7, 11) is -4.81. The molecule has 112 valence electrons. The van der Waals surface area contributed by atoms with Gasteiger partial charge in [0.2, 0.25) is 0 Å². The lowest BCUT2D eigenvalue weighted by Gasteiger charge is -2.13. The highest BCUT2D eigenvalue weighted by atomic mass is 31.2. The number of carbonyl (C=O) groups excluding carboxylic acids is 1. The molecule has 0 aliphatic heterocycles. The molecule has 1 aromatic carbocycles. The number of carbonyl (C=O) groups is 1. The summed E-state index contributed by atoms with van der Waals surface area (Å²) in [6.07, 6.45) is 1.58. The van der Waals surface area contributed by atoms with Crippen molar-refractivity contribution in [2.45, 2.75) is 25.8 Å². The molecule has 7 nitrogen and oxygen atoms in total. The number of hydroxylamine groups is 1. The summed E-state index contributed by atoms with van der Waals surface area (Å²) >= 11 is 0. The molecule has 1 atom stereocenters. The maximum Gasteiger partial charge on any atom is 0.527 e. The second kappa shape index (κ2) is 8.14. The van der Waals surface area contributed by atoms with E-state index in [1.807, 2.05) is 30.3 Å². The summed E-state index contributed by atoms with van der Waals surface area (Å²) in [6, 6.07) is 8.90. The number of rotatable bonds is 8. The molecule has 8 heteroatoms. The summed E-state index contributed by atoms with van der Waals surface area (Å²) < 4.78 is 14.4. The van der Waals surface area contributed by atoms with Crippen LogP contribution in [0.1, 0.15) is 18.9 Å². The molecule has 0 spiro atoms. The number of hydrogen-bond donors (Lipinski definition) is 3. The zero-order valence-electron chi connectivity index (χ0n) is 11.1. The molecule has 0 aliphatic rings. The maximum atomic E-state index is 11.2. The Morgan fingerprint density at radius 3 is 2.60 bits per heavy atom. The molecule has 0 amide bonds. The molecule has 1 rings (SSSR count). The molecule has 0 aromatic heterocycles. The third-order valence-electron chi connectivity index (χ3n) is 2.38. The average molecular weight is 303 g/mol. The first-order valence-corrected chi connectivity index (χ1v) is 7.62. The lowest BCUT2D eigenvalue weighted by atomic mass is 10.1. The summed E-state index contributed by atoms with van der Waals surface area (Å²) in [5.74, 6) is -1.07. The zero-order chi connectivity index (χ0) is 15.0. The smallest absolute Gasteiger partial charge is 0.369 e. The van der Waals surface area contributed by atoms with Gasteiger partial charge in [-0.1, -0.05) is 30.3 Å². The average Bonchev–Trinajstić information content (AvgIpc) is 2.37. The van der Waals surface area contributed by atoms with E-state index in [0.717, 1.165) is 12.8 Å². The Morgan fingerprint density at radius 2 is 2.00 bits per heavy atom. The van der Waals surface area contributed by atoms with Gasteiger partial charge in [0.15, 0.2) is 0 Å². The van der Waals surface area contributed by atoms with Crippen molar-refractivity contribution < 1.29 is 28.5 Å². The molecule has 0 heterocycles. The normalized spacial score (nSPS) is 12.9. The van der Waals surface area contributed by atoms with Gasteiger partial charge in [0, 0.05) is 0 Å². The molecular weight excluding hydrogens is 285 g/mol. The molecule has 3 N–H and O–H groups in total. The van der Waals surface area contributed by atoms with Crippen LogP contribution in [0, 0.1) is 0 Å². The molecule has 1 aromatic rings. The van der Waals surface area contributed by atoms with Crippen molar-refractivity contribution in [3.8, 4) is 0 Å². The predicted molar refractivity (Wildman–Crippen MR) is 71.4 cm³/mol. The molecule has 0 bridgehead atoms. The largest absolute Gasteiger partial charge is 0.527 e. The van der Waals surface area contributed by atoms with Crippen molar-refractivity contribution in [3.63, 3.8) is 0 Å². The van der Waals surface area contributed by atoms with Crippen LogP contribution in [0.4, 0.5) is 0 Å². The van der Waals surface area contributed by atoms with Crippen molar-refractivity contribution in [3.05, 3.63) is 35.9 Å². The standard InChI is InChI=1S/C12H18NO6P/c1-10(12(14)19-20(15,16)17)13-18-9-5-8-11-6-3-2-4-7-11/h2-4,6-7,10,13H,5,8-9H2,1H3,(H2,15,16,17)/t10-/m0/s1. The Bertz CT molecular complexity index is 460. The van der Waals surface area contributed by atoms with E-state index in [9.17, 15) is 9.36 Å². The predicted octanol–water partition coefficient (Wildman–Crippen LogP) is 1.16. The Morgan fingerprint density at radius 1 is 1.35 bits per heavy atom. The van der Waals surface area contributed by atoms with Crippen molar-refractivity contribution in [1.29, 1.82) is 0 Å². The molecule has 0 saturated heterocycles. The highest BCUT2D eigenvalue weighted by Gasteiger charge is 2.24. The second-order valence-electron chi connectivity index (χ2n) is 4.18. The van der Waals surface area contributed by atoms with Crippen molar-refractivity contribution >= 4 is 13.8 Å². The van der Waals surface area contributed by atoms with E-state index in [4.69, 9.17) is 14.6 Å². The first-order chi connectivity index (χ1) is 9.38. The van der Waals surface area contributed by atoms with Crippen molar-refractivity contribution in [1.82, 2.24) is 5.48 Å². The van der Waals surface area contributed by atoms with Gasteiger partial charge in [-0.05, 0) is 25.3 Å².